The summed E-state index contributed by atoms with van der Waals surface area (Å²) in [6.07, 6.45) is 2.93. The van der Waals surface area contributed by atoms with Crippen LogP contribution in [-0.2, 0) is 10.3 Å². The summed E-state index contributed by atoms with van der Waals surface area (Å²) in [6.45, 7) is 6.89. The normalized spacial score (nSPS) is 24.6. The molecule has 2 aromatic rings. The van der Waals surface area contributed by atoms with E-state index in [0.717, 1.165) is 42.3 Å². The third-order valence-corrected chi connectivity index (χ3v) is 6.58. The van der Waals surface area contributed by atoms with Gasteiger partial charge in [0.2, 0.25) is 0 Å². The van der Waals surface area contributed by atoms with Crippen molar-refractivity contribution in [3.63, 3.8) is 0 Å². The molecule has 1 atom stereocenters. The minimum absolute atomic E-state index is 0.0454. The summed E-state index contributed by atoms with van der Waals surface area (Å²) in [7, 11) is 0. The molecule has 0 radical (unpaired) electrons. The van der Waals surface area contributed by atoms with E-state index in [0.29, 0.717) is 5.92 Å². The second kappa shape index (κ2) is 7.79. The van der Waals surface area contributed by atoms with Crippen LogP contribution in [0.4, 0.5) is 9.18 Å². The number of thiazole rings is 1. The van der Waals surface area contributed by atoms with Gasteiger partial charge in [0.05, 0.1) is 11.2 Å². The molecule has 5 nitrogen and oxygen atoms in total. The van der Waals surface area contributed by atoms with Gasteiger partial charge in [0.1, 0.15) is 16.9 Å². The van der Waals surface area contributed by atoms with E-state index < -0.39 is 11.6 Å². The van der Waals surface area contributed by atoms with E-state index in [9.17, 15) is 9.18 Å². The van der Waals surface area contributed by atoms with Gasteiger partial charge in [0, 0.05) is 17.5 Å². The zero-order valence-corrected chi connectivity index (χ0v) is 17.1. The first-order valence-corrected chi connectivity index (χ1v) is 10.7. The smallest absolute Gasteiger partial charge is 0.408 e. The van der Waals surface area contributed by atoms with Gasteiger partial charge in [-0.3, -0.25) is 4.90 Å². The summed E-state index contributed by atoms with van der Waals surface area (Å²) in [5, 5.41) is 5.69. The summed E-state index contributed by atoms with van der Waals surface area (Å²) in [6, 6.07) is 6.27. The predicted octanol–water partition coefficient (Wildman–Crippen LogP) is 4.39. The molecule has 0 aliphatic carbocycles. The van der Waals surface area contributed by atoms with Gasteiger partial charge in [-0.2, -0.15) is 0 Å². The van der Waals surface area contributed by atoms with Gasteiger partial charge in [0.25, 0.3) is 0 Å². The van der Waals surface area contributed by atoms with Crippen molar-refractivity contribution in [1.29, 1.82) is 0 Å². The Hall–Kier alpha value is -1.99. The van der Waals surface area contributed by atoms with Crippen molar-refractivity contribution in [2.75, 3.05) is 19.6 Å². The average molecular weight is 404 g/mol. The number of carbonyl (C=O) groups is 1. The van der Waals surface area contributed by atoms with E-state index in [1.807, 2.05) is 19.2 Å². The number of carbonyl (C=O) groups excluding carboxylic acids is 1. The lowest BCUT2D eigenvalue weighted by Crippen LogP contribution is -2.44. The number of hydrogen-bond donors (Lipinski definition) is 1. The first kappa shape index (κ1) is 19.3. The summed E-state index contributed by atoms with van der Waals surface area (Å²) in [4.78, 5) is 19.6. The van der Waals surface area contributed by atoms with Crippen molar-refractivity contribution >= 4 is 17.4 Å². The van der Waals surface area contributed by atoms with Crippen LogP contribution in [0.2, 0.25) is 0 Å². The Kier molecular flexibility index (Phi) is 5.38. The van der Waals surface area contributed by atoms with Crippen LogP contribution < -0.4 is 5.32 Å². The van der Waals surface area contributed by atoms with E-state index >= 15 is 0 Å². The van der Waals surface area contributed by atoms with Crippen molar-refractivity contribution in [2.45, 2.75) is 44.8 Å². The van der Waals surface area contributed by atoms with Gasteiger partial charge in [-0.15, -0.1) is 11.3 Å². The molecule has 1 aromatic carbocycles. The first-order valence-electron chi connectivity index (χ1n) is 9.82. The molecule has 0 unspecified atom stereocenters. The number of benzene rings is 1. The third kappa shape index (κ3) is 4.36. The third-order valence-electron chi connectivity index (χ3n) is 5.69. The monoisotopic (exact) mass is 403 g/mol. The van der Waals surface area contributed by atoms with E-state index in [4.69, 9.17) is 4.74 Å². The highest BCUT2D eigenvalue weighted by molar-refractivity contribution is 7.13. The molecule has 3 fully saturated rings. The van der Waals surface area contributed by atoms with Crippen molar-refractivity contribution in [2.24, 2.45) is 5.92 Å². The number of alkyl carbamates (subject to hydrolysis) is 1. The predicted molar refractivity (Wildman–Crippen MR) is 108 cm³/mol. The maximum atomic E-state index is 13.1. The Morgan fingerprint density at radius 2 is 2.00 bits per heavy atom. The molecular formula is C21H26FN3O2S. The number of aromatic nitrogens is 1. The SMILES string of the molecule is CC(C)(NC(=O)O[C@H]1CC2CCN(CC2)C1)c1csc(-c2ccc(F)cc2)n1. The molecular weight excluding hydrogens is 377 g/mol. The zero-order valence-electron chi connectivity index (χ0n) is 16.3. The quantitative estimate of drug-likeness (QED) is 0.822. The number of rotatable bonds is 4. The van der Waals surface area contributed by atoms with Crippen LogP contribution >= 0.6 is 11.3 Å². The van der Waals surface area contributed by atoms with Gasteiger partial charge in [-0.1, -0.05) is 0 Å². The van der Waals surface area contributed by atoms with E-state index in [-0.39, 0.29) is 11.9 Å². The van der Waals surface area contributed by atoms with E-state index in [1.54, 1.807) is 12.1 Å². The molecule has 28 heavy (non-hydrogen) atoms. The molecule has 1 amide bonds. The Balaban J connectivity index is 1.39. The van der Waals surface area contributed by atoms with Gasteiger partial charge in [0.15, 0.2) is 0 Å². The van der Waals surface area contributed by atoms with Crippen LogP contribution in [-0.4, -0.2) is 41.7 Å². The van der Waals surface area contributed by atoms with E-state index in [1.165, 1.54) is 36.3 Å². The van der Waals surface area contributed by atoms with Crippen molar-refractivity contribution in [3.05, 3.63) is 41.2 Å². The summed E-state index contributed by atoms with van der Waals surface area (Å²) in [5.74, 6) is 0.398. The van der Waals surface area contributed by atoms with Crippen LogP contribution in [0.25, 0.3) is 10.6 Å². The molecule has 7 heteroatoms. The van der Waals surface area contributed by atoms with Gasteiger partial charge < -0.3 is 10.1 Å². The lowest BCUT2D eigenvalue weighted by Gasteiger charge is -2.27. The minimum atomic E-state index is -0.657. The minimum Gasteiger partial charge on any atom is -0.445 e. The summed E-state index contributed by atoms with van der Waals surface area (Å²) in [5.41, 5.74) is 0.966. The average Bonchev–Trinajstić information content (AvgIpc) is 2.98. The van der Waals surface area contributed by atoms with E-state index in [2.05, 4.69) is 15.2 Å². The number of piperidine rings is 1. The van der Waals surface area contributed by atoms with Crippen molar-refractivity contribution < 1.29 is 13.9 Å². The second-order valence-electron chi connectivity index (χ2n) is 8.30. The molecule has 3 aliphatic rings. The molecule has 3 aliphatic heterocycles. The van der Waals surface area contributed by atoms with Crippen LogP contribution in [0, 0.1) is 11.7 Å². The number of hydrogen-bond acceptors (Lipinski definition) is 5. The number of ether oxygens (including phenoxy) is 1. The summed E-state index contributed by atoms with van der Waals surface area (Å²) >= 11 is 1.48. The molecule has 0 saturated carbocycles. The molecule has 4 heterocycles. The second-order valence-corrected chi connectivity index (χ2v) is 9.16. The van der Waals surface area contributed by atoms with Crippen LogP contribution in [0.3, 0.4) is 0 Å². The number of amides is 1. The largest absolute Gasteiger partial charge is 0.445 e. The molecule has 1 N–H and O–H groups in total. The number of nitrogens with zero attached hydrogens (tertiary/aromatic N) is 2. The highest BCUT2D eigenvalue weighted by atomic mass is 32.1. The lowest BCUT2D eigenvalue weighted by atomic mass is 9.95. The van der Waals surface area contributed by atoms with Gasteiger partial charge in [-0.25, -0.2) is 14.2 Å². The Morgan fingerprint density at radius 1 is 1.29 bits per heavy atom. The summed E-state index contributed by atoms with van der Waals surface area (Å²) < 4.78 is 18.9. The molecule has 2 bridgehead atoms. The Labute approximate surface area is 168 Å². The van der Waals surface area contributed by atoms with Gasteiger partial charge in [-0.05, 0) is 76.4 Å². The maximum absolute atomic E-state index is 13.1. The fraction of sp³-hybridized carbons (Fsp3) is 0.524. The molecule has 150 valence electrons. The molecule has 1 aromatic heterocycles. The number of halogens is 1. The van der Waals surface area contributed by atoms with Gasteiger partial charge >= 0.3 is 6.09 Å². The standard InChI is InChI=1S/C21H26FN3O2S/c1-21(2,18-13-28-19(23-18)15-3-5-16(22)6-4-15)24-20(26)27-17-11-14-7-9-25(12-17)10-8-14/h3-6,13-14,17H,7-12H2,1-2H3,(H,24,26)/t17-/m0/s1. The van der Waals surface area contributed by atoms with Crippen molar-refractivity contribution in [3.8, 4) is 10.6 Å². The Bertz CT molecular complexity index is 814. The topological polar surface area (TPSA) is 54.5 Å². The van der Waals surface area contributed by atoms with Crippen LogP contribution in [0.1, 0.15) is 38.8 Å². The molecule has 5 rings (SSSR count). The van der Waals surface area contributed by atoms with Crippen molar-refractivity contribution in [1.82, 2.24) is 15.2 Å². The molecule has 3 saturated heterocycles. The van der Waals surface area contributed by atoms with Crippen LogP contribution in [0.5, 0.6) is 0 Å². The first-order chi connectivity index (χ1) is 13.4. The highest BCUT2D eigenvalue weighted by Gasteiger charge is 2.33. The Morgan fingerprint density at radius 3 is 2.71 bits per heavy atom. The number of nitrogens with one attached hydrogen (secondary N) is 1. The zero-order chi connectivity index (χ0) is 19.7. The molecule has 0 spiro atoms. The highest BCUT2D eigenvalue weighted by Crippen LogP contribution is 2.30. The van der Waals surface area contributed by atoms with Crippen LogP contribution in [0.15, 0.2) is 29.6 Å². The fourth-order valence-electron chi connectivity index (χ4n) is 4.01. The maximum Gasteiger partial charge on any atom is 0.408 e. The fourth-order valence-corrected chi connectivity index (χ4v) is 5.00. The lowest BCUT2D eigenvalue weighted by molar-refractivity contribution is 0.0718. The number of fused-ring (bicyclic) bond motifs is 4.